The first kappa shape index (κ1) is 24.1. The summed E-state index contributed by atoms with van der Waals surface area (Å²) in [6.45, 7) is 1.32. The van der Waals surface area contributed by atoms with Crippen LogP contribution >= 0.6 is 0 Å². The van der Waals surface area contributed by atoms with Crippen LogP contribution in [0, 0.1) is 5.92 Å². The van der Waals surface area contributed by atoms with Crippen molar-refractivity contribution in [3.63, 3.8) is 0 Å². The first-order valence-electron chi connectivity index (χ1n) is 12.4. The van der Waals surface area contributed by atoms with Crippen molar-refractivity contribution >= 4 is 27.1 Å². The van der Waals surface area contributed by atoms with Gasteiger partial charge in [0.15, 0.2) is 9.84 Å². The zero-order valence-corrected chi connectivity index (χ0v) is 20.8. The Morgan fingerprint density at radius 2 is 1.89 bits per heavy atom. The van der Waals surface area contributed by atoms with Gasteiger partial charge in [-0.1, -0.05) is 18.2 Å². The summed E-state index contributed by atoms with van der Waals surface area (Å²) < 4.78 is 33.0. The SMILES string of the molecule is CN1[C@@H]2CCC[C@@]1(S(=O)(=O)c1ccc(C(=CC3CCOCC3)C(=O)Nc3ccncn3)cc1)CC2. The van der Waals surface area contributed by atoms with Crippen LogP contribution in [0.1, 0.15) is 50.5 Å². The lowest BCUT2D eigenvalue weighted by molar-refractivity contribution is -0.111. The van der Waals surface area contributed by atoms with E-state index in [0.717, 1.165) is 32.1 Å². The molecule has 2 aromatic rings. The Labute approximate surface area is 206 Å². The van der Waals surface area contributed by atoms with Gasteiger partial charge in [-0.25, -0.2) is 18.4 Å². The van der Waals surface area contributed by atoms with Crippen LogP contribution in [0.4, 0.5) is 5.82 Å². The van der Waals surface area contributed by atoms with Crippen LogP contribution in [-0.4, -0.2) is 60.4 Å². The number of piperidine rings is 1. The van der Waals surface area contributed by atoms with Crippen molar-refractivity contribution in [2.75, 3.05) is 25.6 Å². The van der Waals surface area contributed by atoms with Gasteiger partial charge in [0, 0.05) is 31.0 Å². The molecule has 35 heavy (non-hydrogen) atoms. The lowest BCUT2D eigenvalue weighted by Crippen LogP contribution is -2.53. The van der Waals surface area contributed by atoms with Gasteiger partial charge in [-0.15, -0.1) is 0 Å². The van der Waals surface area contributed by atoms with Crippen LogP contribution < -0.4 is 5.32 Å². The summed E-state index contributed by atoms with van der Waals surface area (Å²) in [7, 11) is -1.59. The topological polar surface area (TPSA) is 101 Å². The van der Waals surface area contributed by atoms with E-state index in [1.54, 1.807) is 36.5 Å². The molecule has 8 nitrogen and oxygen atoms in total. The highest BCUT2D eigenvalue weighted by Gasteiger charge is 2.55. The van der Waals surface area contributed by atoms with E-state index in [0.29, 0.717) is 53.9 Å². The van der Waals surface area contributed by atoms with Gasteiger partial charge < -0.3 is 10.1 Å². The molecule has 186 valence electrons. The number of aromatic nitrogens is 2. The largest absolute Gasteiger partial charge is 0.381 e. The number of anilines is 1. The van der Waals surface area contributed by atoms with Crippen molar-refractivity contribution < 1.29 is 17.9 Å². The number of fused-ring (bicyclic) bond motifs is 2. The molecule has 3 aliphatic rings. The minimum Gasteiger partial charge on any atom is -0.381 e. The number of amides is 1. The second kappa shape index (κ2) is 9.79. The number of benzene rings is 1. The summed E-state index contributed by atoms with van der Waals surface area (Å²) in [4.78, 5) is 22.8. The number of carbonyl (C=O) groups excluding carboxylic acids is 1. The summed E-state index contributed by atoms with van der Waals surface area (Å²) in [6.07, 6.45) is 10.9. The highest BCUT2D eigenvalue weighted by atomic mass is 32.2. The maximum absolute atomic E-state index is 13.8. The molecular weight excluding hydrogens is 464 g/mol. The molecule has 1 amide bonds. The molecule has 5 rings (SSSR count). The van der Waals surface area contributed by atoms with E-state index in [9.17, 15) is 13.2 Å². The predicted octanol–water partition coefficient (Wildman–Crippen LogP) is 3.67. The lowest BCUT2D eigenvalue weighted by atomic mass is 9.94. The number of sulfone groups is 1. The van der Waals surface area contributed by atoms with E-state index in [-0.39, 0.29) is 11.8 Å². The molecule has 1 aromatic carbocycles. The highest BCUT2D eigenvalue weighted by Crippen LogP contribution is 2.48. The third kappa shape index (κ3) is 4.52. The fraction of sp³-hybridized carbons (Fsp3) is 0.500. The van der Waals surface area contributed by atoms with E-state index in [2.05, 4.69) is 20.2 Å². The summed E-state index contributed by atoms with van der Waals surface area (Å²) in [5.74, 6) is 0.343. The number of ether oxygens (including phenoxy) is 1. The average molecular weight is 497 g/mol. The van der Waals surface area contributed by atoms with E-state index >= 15 is 0 Å². The number of hydrogen-bond donors (Lipinski definition) is 1. The van der Waals surface area contributed by atoms with Crippen molar-refractivity contribution in [2.24, 2.45) is 5.92 Å². The Kier molecular flexibility index (Phi) is 6.74. The average Bonchev–Trinajstić information content (AvgIpc) is 3.05. The number of carbonyl (C=O) groups is 1. The van der Waals surface area contributed by atoms with Gasteiger partial charge in [0.2, 0.25) is 0 Å². The van der Waals surface area contributed by atoms with Gasteiger partial charge in [0.1, 0.15) is 17.0 Å². The van der Waals surface area contributed by atoms with E-state index in [1.165, 1.54) is 6.33 Å². The summed E-state index contributed by atoms with van der Waals surface area (Å²) in [5.41, 5.74) is 1.19. The third-order valence-electron chi connectivity index (χ3n) is 7.88. The minimum atomic E-state index is -3.55. The molecule has 3 aliphatic heterocycles. The fourth-order valence-corrected chi connectivity index (χ4v) is 8.07. The lowest BCUT2D eigenvalue weighted by Gasteiger charge is -2.41. The number of hydrogen-bond acceptors (Lipinski definition) is 7. The van der Waals surface area contributed by atoms with Crippen molar-refractivity contribution in [1.29, 1.82) is 0 Å². The van der Waals surface area contributed by atoms with E-state index in [1.807, 2.05) is 13.1 Å². The minimum absolute atomic E-state index is 0.212. The van der Waals surface area contributed by atoms with E-state index in [4.69, 9.17) is 4.74 Å². The molecule has 0 spiro atoms. The zero-order valence-electron chi connectivity index (χ0n) is 20.0. The van der Waals surface area contributed by atoms with Gasteiger partial charge in [-0.3, -0.25) is 9.69 Å². The van der Waals surface area contributed by atoms with Gasteiger partial charge >= 0.3 is 0 Å². The van der Waals surface area contributed by atoms with Gasteiger partial charge in [-0.2, -0.15) is 0 Å². The van der Waals surface area contributed by atoms with Crippen LogP contribution in [0.2, 0.25) is 0 Å². The Bertz CT molecular complexity index is 1190. The van der Waals surface area contributed by atoms with E-state index < -0.39 is 14.7 Å². The standard InChI is InChI=1S/C26H32N4O4S/c1-30-21-3-2-12-26(30,13-8-21)35(32,33)22-6-4-20(5-7-22)23(17-19-10-15-34-16-11-19)25(31)29-24-9-14-27-18-28-24/h4-7,9,14,17-19,21H,2-3,8,10-13,15-16H2,1H3,(H,27,28,29,31)/t21-,26-/m1/s1. The maximum atomic E-state index is 13.8. The predicted molar refractivity (Wildman–Crippen MR) is 133 cm³/mol. The summed E-state index contributed by atoms with van der Waals surface area (Å²) in [6, 6.07) is 8.80. The van der Waals surface area contributed by atoms with Crippen LogP contribution in [0.3, 0.4) is 0 Å². The second-order valence-corrected chi connectivity index (χ2v) is 12.0. The molecule has 4 heterocycles. The molecule has 2 atom stereocenters. The smallest absolute Gasteiger partial charge is 0.257 e. The van der Waals surface area contributed by atoms with Crippen molar-refractivity contribution in [3.8, 4) is 0 Å². The normalized spacial score (nSPS) is 26.0. The van der Waals surface area contributed by atoms with Crippen LogP contribution in [-0.2, 0) is 19.4 Å². The van der Waals surface area contributed by atoms with Crippen LogP contribution in [0.15, 0.2) is 53.8 Å². The van der Waals surface area contributed by atoms with Gasteiger partial charge in [0.05, 0.1) is 4.90 Å². The molecule has 2 bridgehead atoms. The Hall–Kier alpha value is -2.62. The summed E-state index contributed by atoms with van der Waals surface area (Å²) >= 11 is 0. The molecular formula is C26H32N4O4S. The van der Waals surface area contributed by atoms with Crippen molar-refractivity contribution in [2.45, 2.75) is 60.8 Å². The van der Waals surface area contributed by atoms with Gasteiger partial charge in [-0.05, 0) is 81.7 Å². The molecule has 1 N–H and O–H groups in total. The molecule has 1 aromatic heterocycles. The van der Waals surface area contributed by atoms with Crippen LogP contribution in [0.25, 0.3) is 5.57 Å². The third-order valence-corrected chi connectivity index (χ3v) is 10.5. The van der Waals surface area contributed by atoms with Gasteiger partial charge in [0.25, 0.3) is 5.91 Å². The number of allylic oxidation sites excluding steroid dienone is 1. The Morgan fingerprint density at radius 1 is 1.11 bits per heavy atom. The molecule has 0 radical (unpaired) electrons. The monoisotopic (exact) mass is 496 g/mol. The quantitative estimate of drug-likeness (QED) is 0.609. The molecule has 0 saturated carbocycles. The first-order chi connectivity index (χ1) is 16.9. The Morgan fingerprint density at radius 3 is 2.60 bits per heavy atom. The fourth-order valence-electron chi connectivity index (χ4n) is 5.81. The molecule has 9 heteroatoms. The van der Waals surface area contributed by atoms with Crippen LogP contribution in [0.5, 0.6) is 0 Å². The first-order valence-corrected chi connectivity index (χ1v) is 13.8. The maximum Gasteiger partial charge on any atom is 0.257 e. The molecule has 3 saturated heterocycles. The summed E-state index contributed by atoms with van der Waals surface area (Å²) in [5, 5.41) is 2.84. The van der Waals surface area contributed by atoms with Crippen molar-refractivity contribution in [3.05, 3.63) is 54.5 Å². The second-order valence-electron chi connectivity index (χ2n) is 9.75. The molecule has 0 unspecified atom stereocenters. The Balaban J connectivity index is 1.45. The molecule has 3 fully saturated rings. The number of rotatable bonds is 6. The molecule has 0 aliphatic carbocycles. The number of nitrogens with one attached hydrogen (secondary N) is 1. The highest BCUT2D eigenvalue weighted by molar-refractivity contribution is 7.92. The zero-order chi connectivity index (χ0) is 24.5. The van der Waals surface area contributed by atoms with Crippen molar-refractivity contribution in [1.82, 2.24) is 14.9 Å². The number of nitrogens with zero attached hydrogens (tertiary/aromatic N) is 3.